The summed E-state index contributed by atoms with van der Waals surface area (Å²) in [4.78, 5) is 14.6. The van der Waals surface area contributed by atoms with Crippen molar-refractivity contribution in [3.05, 3.63) is 78.4 Å². The maximum Gasteiger partial charge on any atom is 0.253 e. The van der Waals surface area contributed by atoms with Gasteiger partial charge < -0.3 is 10.6 Å². The van der Waals surface area contributed by atoms with Gasteiger partial charge >= 0.3 is 0 Å². The fourth-order valence-electron chi connectivity index (χ4n) is 2.61. The molecule has 0 aliphatic rings. The van der Waals surface area contributed by atoms with Crippen LogP contribution in [0.4, 0.5) is 0 Å². The van der Waals surface area contributed by atoms with Crippen LogP contribution in [0.25, 0.3) is 0 Å². The summed E-state index contributed by atoms with van der Waals surface area (Å²) >= 11 is 0. The second kappa shape index (κ2) is 10.0. The number of rotatable bonds is 10. The molecule has 0 aliphatic carbocycles. The van der Waals surface area contributed by atoms with Crippen LogP contribution in [-0.4, -0.2) is 45.4 Å². The van der Waals surface area contributed by atoms with Crippen molar-refractivity contribution in [1.82, 2.24) is 9.62 Å². The summed E-state index contributed by atoms with van der Waals surface area (Å²) in [7, 11) is -3.69. The molecular weight excluding hydrogens is 362 g/mol. The highest BCUT2D eigenvalue weighted by atomic mass is 32.2. The normalized spacial score (nSPS) is 11.1. The summed E-state index contributed by atoms with van der Waals surface area (Å²) in [5, 5.41) is 0. The van der Waals surface area contributed by atoms with Crippen molar-refractivity contribution in [2.45, 2.75) is 11.3 Å². The van der Waals surface area contributed by atoms with E-state index in [1.54, 1.807) is 17.0 Å². The Kier molecular flexibility index (Phi) is 7.72. The van der Waals surface area contributed by atoms with Crippen LogP contribution < -0.4 is 10.5 Å². The van der Waals surface area contributed by atoms with Crippen molar-refractivity contribution >= 4 is 15.9 Å². The molecule has 1 amide bonds. The zero-order valence-electron chi connectivity index (χ0n) is 15.2. The number of hydrogen-bond donors (Lipinski definition) is 2. The van der Waals surface area contributed by atoms with Crippen LogP contribution in [0.15, 0.2) is 72.1 Å². The van der Waals surface area contributed by atoms with Crippen molar-refractivity contribution in [1.29, 1.82) is 0 Å². The van der Waals surface area contributed by atoms with Gasteiger partial charge in [-0.3, -0.25) is 4.79 Å². The van der Waals surface area contributed by atoms with E-state index in [0.717, 1.165) is 5.56 Å². The van der Waals surface area contributed by atoms with E-state index in [1.807, 2.05) is 30.3 Å². The first-order chi connectivity index (χ1) is 13.0. The van der Waals surface area contributed by atoms with Crippen molar-refractivity contribution in [3.63, 3.8) is 0 Å². The number of carbonyl (C=O) groups is 1. The number of nitrogens with zero attached hydrogens (tertiary/aromatic N) is 1. The van der Waals surface area contributed by atoms with Gasteiger partial charge in [0, 0.05) is 31.7 Å². The molecule has 2 rings (SSSR count). The molecule has 0 spiro atoms. The van der Waals surface area contributed by atoms with Gasteiger partial charge in [-0.05, 0) is 30.2 Å². The highest BCUT2D eigenvalue weighted by molar-refractivity contribution is 7.89. The van der Waals surface area contributed by atoms with Gasteiger partial charge in [0.1, 0.15) is 0 Å². The molecule has 2 aromatic carbocycles. The Hall–Kier alpha value is -2.48. The third-order valence-corrected chi connectivity index (χ3v) is 5.43. The SMILES string of the molecule is C=CCNS(=O)(=O)c1cccc(C(=O)N(CCN)CCc2ccccc2)c1. The summed E-state index contributed by atoms with van der Waals surface area (Å²) in [6.07, 6.45) is 2.16. The van der Waals surface area contributed by atoms with Crippen LogP contribution in [0.1, 0.15) is 15.9 Å². The van der Waals surface area contributed by atoms with E-state index in [0.29, 0.717) is 31.6 Å². The van der Waals surface area contributed by atoms with Gasteiger partial charge in [-0.1, -0.05) is 42.5 Å². The zero-order valence-corrected chi connectivity index (χ0v) is 16.0. The molecule has 27 heavy (non-hydrogen) atoms. The molecule has 2 aromatic rings. The number of nitrogens with two attached hydrogens (primary N) is 1. The average molecular weight is 388 g/mol. The lowest BCUT2D eigenvalue weighted by molar-refractivity contribution is 0.0762. The predicted molar refractivity (Wildman–Crippen MR) is 107 cm³/mol. The number of benzene rings is 2. The van der Waals surface area contributed by atoms with Gasteiger partial charge in [-0.2, -0.15) is 0 Å². The van der Waals surface area contributed by atoms with Crippen LogP contribution in [0, 0.1) is 0 Å². The molecule has 0 saturated heterocycles. The van der Waals surface area contributed by atoms with Crippen LogP contribution in [0.3, 0.4) is 0 Å². The van der Waals surface area contributed by atoms with Gasteiger partial charge in [0.2, 0.25) is 10.0 Å². The number of hydrogen-bond acceptors (Lipinski definition) is 4. The van der Waals surface area contributed by atoms with E-state index in [1.165, 1.54) is 18.2 Å². The molecule has 144 valence electrons. The molecule has 0 bridgehead atoms. The fourth-order valence-corrected chi connectivity index (χ4v) is 3.65. The summed E-state index contributed by atoms with van der Waals surface area (Å²) in [6.45, 7) is 4.85. The fraction of sp³-hybridized carbons (Fsp3) is 0.250. The molecule has 0 radical (unpaired) electrons. The molecule has 7 heteroatoms. The maximum absolute atomic E-state index is 12.9. The largest absolute Gasteiger partial charge is 0.337 e. The van der Waals surface area contributed by atoms with Crippen molar-refractivity contribution in [3.8, 4) is 0 Å². The molecule has 6 nitrogen and oxygen atoms in total. The first-order valence-corrected chi connectivity index (χ1v) is 10.2. The number of nitrogens with one attached hydrogen (secondary N) is 1. The topological polar surface area (TPSA) is 92.5 Å². The van der Waals surface area contributed by atoms with Crippen LogP contribution in [0.5, 0.6) is 0 Å². The Morgan fingerprint density at radius 3 is 2.52 bits per heavy atom. The Morgan fingerprint density at radius 2 is 1.85 bits per heavy atom. The minimum absolute atomic E-state index is 0.0472. The smallest absolute Gasteiger partial charge is 0.253 e. The monoisotopic (exact) mass is 387 g/mol. The lowest BCUT2D eigenvalue weighted by Crippen LogP contribution is -2.37. The Bertz CT molecular complexity index is 867. The highest BCUT2D eigenvalue weighted by Crippen LogP contribution is 2.14. The standard InChI is InChI=1S/C20H25N3O3S/c1-2-13-22-27(25,26)19-10-6-9-18(16-19)20(24)23(15-12-21)14-11-17-7-4-3-5-8-17/h2-10,16,22H,1,11-15,21H2. The lowest BCUT2D eigenvalue weighted by atomic mass is 10.1. The molecule has 0 aliphatic heterocycles. The van der Waals surface area contributed by atoms with Gasteiger partial charge in [-0.25, -0.2) is 13.1 Å². The van der Waals surface area contributed by atoms with E-state index in [9.17, 15) is 13.2 Å². The van der Waals surface area contributed by atoms with Gasteiger partial charge in [0.15, 0.2) is 0 Å². The number of carbonyl (C=O) groups excluding carboxylic acids is 1. The Morgan fingerprint density at radius 1 is 1.11 bits per heavy atom. The summed E-state index contributed by atoms with van der Waals surface area (Å²) < 4.78 is 26.9. The summed E-state index contributed by atoms with van der Waals surface area (Å²) in [5.41, 5.74) is 7.10. The second-order valence-electron chi connectivity index (χ2n) is 5.98. The first-order valence-electron chi connectivity index (χ1n) is 8.72. The first kappa shape index (κ1) is 20.8. The molecule has 0 heterocycles. The predicted octanol–water partition coefficient (Wildman–Crippen LogP) is 1.79. The van der Waals surface area contributed by atoms with Crippen molar-refractivity contribution in [2.24, 2.45) is 5.73 Å². The molecule has 0 saturated carbocycles. The van der Waals surface area contributed by atoms with Gasteiger partial charge in [0.25, 0.3) is 5.91 Å². The second-order valence-corrected chi connectivity index (χ2v) is 7.75. The molecule has 0 fully saturated rings. The van der Waals surface area contributed by atoms with Crippen LogP contribution >= 0.6 is 0 Å². The van der Waals surface area contributed by atoms with E-state index in [4.69, 9.17) is 5.73 Å². The zero-order chi connectivity index (χ0) is 19.7. The van der Waals surface area contributed by atoms with E-state index < -0.39 is 10.0 Å². The summed E-state index contributed by atoms with van der Waals surface area (Å²) in [6, 6.07) is 15.9. The molecule has 0 unspecified atom stereocenters. The van der Waals surface area contributed by atoms with Gasteiger partial charge in [0.05, 0.1) is 4.90 Å². The highest BCUT2D eigenvalue weighted by Gasteiger charge is 2.19. The van der Waals surface area contributed by atoms with Crippen molar-refractivity contribution < 1.29 is 13.2 Å². The molecule has 0 aromatic heterocycles. The third-order valence-electron chi connectivity index (χ3n) is 4.01. The molecular formula is C20H25N3O3S. The Balaban J connectivity index is 2.17. The minimum Gasteiger partial charge on any atom is -0.337 e. The van der Waals surface area contributed by atoms with E-state index in [-0.39, 0.29) is 17.3 Å². The maximum atomic E-state index is 12.9. The van der Waals surface area contributed by atoms with Gasteiger partial charge in [-0.15, -0.1) is 6.58 Å². The van der Waals surface area contributed by atoms with Crippen molar-refractivity contribution in [2.75, 3.05) is 26.2 Å². The quantitative estimate of drug-likeness (QED) is 0.608. The average Bonchev–Trinajstić information content (AvgIpc) is 2.70. The Labute approximate surface area is 160 Å². The van der Waals surface area contributed by atoms with Crippen LogP contribution in [0.2, 0.25) is 0 Å². The van der Waals surface area contributed by atoms with Crippen LogP contribution in [-0.2, 0) is 16.4 Å². The lowest BCUT2D eigenvalue weighted by Gasteiger charge is -2.22. The molecule has 0 atom stereocenters. The molecule has 3 N–H and O–H groups in total. The number of amides is 1. The van der Waals surface area contributed by atoms with E-state index >= 15 is 0 Å². The summed E-state index contributed by atoms with van der Waals surface area (Å²) in [5.74, 6) is -0.239. The third kappa shape index (κ3) is 6.02. The minimum atomic E-state index is -3.69. The van der Waals surface area contributed by atoms with E-state index in [2.05, 4.69) is 11.3 Å². The number of sulfonamides is 1.